The molecule has 1 aliphatic rings. The van der Waals surface area contributed by atoms with Gasteiger partial charge in [-0.3, -0.25) is 24.0 Å². The molecule has 3 rings (SSSR count). The molecule has 0 unspecified atom stereocenters. The maximum atomic E-state index is 14.2. The second-order valence-corrected chi connectivity index (χ2v) is 17.3. The van der Waals surface area contributed by atoms with Crippen molar-refractivity contribution in [3.05, 3.63) is 59.7 Å². The number of Topliss-reactive ketones (excluding diaryl/α,β-unsaturated/α-hetero) is 1. The third-order valence-electron chi connectivity index (χ3n) is 11.0. The molecule has 0 aliphatic carbocycles. The van der Waals surface area contributed by atoms with Crippen LogP contribution in [0.2, 0.25) is 0 Å². The standard InChI is InChI=1S/C48H71N5O9/c1-7-10-12-18-39(46(59)60)52-44(57)34(9-3)32-41(54)40-19-15-31-53(40)45(58)38(17-13-14-29-50-47(61)62-48(4,5)6)51-42(55)28-30-49-43(56)37-26-24-36(25-27-37)35-22-20-33(21-23-35)16-11-8-2/h20-27,34,38-40H,7-19,28-32H2,1-6H3,(H,49,56)(H,50,61)(H,51,55)(H,52,57)(H,59,60)/t34-,38+,39+,40+/m1/s1. The predicted octanol–water partition coefficient (Wildman–Crippen LogP) is 7.12. The third kappa shape index (κ3) is 17.6. The molecule has 0 saturated carbocycles. The number of hydrogen-bond acceptors (Lipinski definition) is 8. The van der Waals surface area contributed by atoms with Crippen LogP contribution in [0.25, 0.3) is 11.1 Å². The molecule has 0 aromatic heterocycles. The topological polar surface area (TPSA) is 200 Å². The Bertz CT molecular complexity index is 1770. The van der Waals surface area contributed by atoms with Crippen LogP contribution < -0.4 is 21.3 Å². The Kier molecular flexibility index (Phi) is 21.6. The van der Waals surface area contributed by atoms with Crippen molar-refractivity contribution < 1.29 is 43.4 Å². The Labute approximate surface area is 368 Å². The molecule has 2 aromatic carbocycles. The van der Waals surface area contributed by atoms with E-state index in [2.05, 4.69) is 52.5 Å². The van der Waals surface area contributed by atoms with E-state index >= 15 is 0 Å². The number of ether oxygens (including phenoxy) is 1. The lowest BCUT2D eigenvalue weighted by Crippen LogP contribution is -2.52. The van der Waals surface area contributed by atoms with Gasteiger partial charge in [0.1, 0.15) is 17.7 Å². The molecule has 5 amide bonds. The summed E-state index contributed by atoms with van der Waals surface area (Å²) in [6.45, 7) is 11.8. The summed E-state index contributed by atoms with van der Waals surface area (Å²) in [5, 5.41) is 20.6. The van der Waals surface area contributed by atoms with Gasteiger partial charge >= 0.3 is 12.1 Å². The van der Waals surface area contributed by atoms with Gasteiger partial charge < -0.3 is 36.0 Å². The minimum atomic E-state index is -1.12. The quantitative estimate of drug-likeness (QED) is 0.0611. The summed E-state index contributed by atoms with van der Waals surface area (Å²) in [7, 11) is 0. The number of carboxylic acid groups (broad SMARTS) is 1. The first kappa shape index (κ1) is 51.1. The van der Waals surface area contributed by atoms with Crippen LogP contribution in [-0.2, 0) is 35.1 Å². The Hall–Kier alpha value is -5.27. The number of carbonyl (C=O) groups is 7. The van der Waals surface area contributed by atoms with Gasteiger partial charge in [0.25, 0.3) is 5.91 Å². The van der Waals surface area contributed by atoms with Gasteiger partial charge in [0.2, 0.25) is 17.7 Å². The van der Waals surface area contributed by atoms with Gasteiger partial charge in [-0.1, -0.05) is 82.9 Å². The van der Waals surface area contributed by atoms with Crippen molar-refractivity contribution in [3.8, 4) is 11.1 Å². The number of aryl methyl sites for hydroxylation is 1. The van der Waals surface area contributed by atoms with E-state index in [4.69, 9.17) is 4.74 Å². The molecule has 342 valence electrons. The maximum Gasteiger partial charge on any atom is 0.407 e. The molecular weight excluding hydrogens is 791 g/mol. The molecule has 14 heteroatoms. The van der Waals surface area contributed by atoms with Gasteiger partial charge in [-0.2, -0.15) is 0 Å². The number of nitrogens with one attached hydrogen (secondary N) is 4. The number of unbranched alkanes of at least 4 members (excludes halogenated alkanes) is 4. The first-order valence-electron chi connectivity index (χ1n) is 22.7. The summed E-state index contributed by atoms with van der Waals surface area (Å²) in [5.41, 5.74) is 3.12. The van der Waals surface area contributed by atoms with Crippen molar-refractivity contribution in [2.75, 3.05) is 19.6 Å². The molecule has 0 bridgehead atoms. The number of carbonyl (C=O) groups excluding carboxylic acids is 6. The first-order valence-corrected chi connectivity index (χ1v) is 22.7. The highest BCUT2D eigenvalue weighted by atomic mass is 16.6. The number of likely N-dealkylation sites (tertiary alicyclic amines) is 1. The van der Waals surface area contributed by atoms with Gasteiger partial charge in [-0.15, -0.1) is 0 Å². The average molecular weight is 862 g/mol. The van der Waals surface area contributed by atoms with Crippen molar-refractivity contribution in [3.63, 3.8) is 0 Å². The van der Waals surface area contributed by atoms with Gasteiger partial charge in [-0.25, -0.2) is 9.59 Å². The zero-order valence-electron chi connectivity index (χ0n) is 37.8. The molecule has 14 nitrogen and oxygen atoms in total. The lowest BCUT2D eigenvalue weighted by atomic mass is 9.93. The normalized spacial score (nSPS) is 15.2. The summed E-state index contributed by atoms with van der Waals surface area (Å²) in [4.78, 5) is 92.9. The summed E-state index contributed by atoms with van der Waals surface area (Å²) < 4.78 is 5.30. The van der Waals surface area contributed by atoms with Crippen LogP contribution in [0.5, 0.6) is 0 Å². The van der Waals surface area contributed by atoms with Crippen molar-refractivity contribution in [2.24, 2.45) is 5.92 Å². The highest BCUT2D eigenvalue weighted by Crippen LogP contribution is 2.25. The highest BCUT2D eigenvalue weighted by Gasteiger charge is 2.39. The van der Waals surface area contributed by atoms with E-state index in [1.807, 2.05) is 19.1 Å². The molecule has 5 N–H and O–H groups in total. The number of aliphatic carboxylic acids is 1. The fraction of sp³-hybridized carbons (Fsp3) is 0.604. The summed E-state index contributed by atoms with van der Waals surface area (Å²) >= 11 is 0. The smallest absolute Gasteiger partial charge is 0.407 e. The van der Waals surface area contributed by atoms with Crippen molar-refractivity contribution in [2.45, 2.75) is 162 Å². The third-order valence-corrected chi connectivity index (χ3v) is 11.0. The van der Waals surface area contributed by atoms with E-state index in [9.17, 15) is 38.7 Å². The number of carboxylic acids is 1. The second kappa shape index (κ2) is 26.3. The van der Waals surface area contributed by atoms with Crippen LogP contribution in [0.15, 0.2) is 48.5 Å². The molecule has 1 fully saturated rings. The number of ketones is 1. The van der Waals surface area contributed by atoms with E-state index in [1.165, 1.54) is 10.5 Å². The fourth-order valence-electron chi connectivity index (χ4n) is 7.46. The number of hydrogen-bond donors (Lipinski definition) is 5. The summed E-state index contributed by atoms with van der Waals surface area (Å²) in [6.07, 6.45) is 7.65. The molecule has 0 spiro atoms. The number of amides is 5. The number of rotatable bonds is 26. The predicted molar refractivity (Wildman–Crippen MR) is 239 cm³/mol. The van der Waals surface area contributed by atoms with E-state index in [0.29, 0.717) is 57.1 Å². The summed E-state index contributed by atoms with van der Waals surface area (Å²) in [6, 6.07) is 12.9. The molecule has 0 radical (unpaired) electrons. The average Bonchev–Trinajstić information content (AvgIpc) is 3.73. The first-order chi connectivity index (χ1) is 29.6. The van der Waals surface area contributed by atoms with Gasteiger partial charge in [0, 0.05) is 44.0 Å². The van der Waals surface area contributed by atoms with Crippen LogP contribution in [0.4, 0.5) is 4.79 Å². The van der Waals surface area contributed by atoms with Crippen molar-refractivity contribution >= 4 is 41.5 Å². The Morgan fingerprint density at radius 2 is 1.40 bits per heavy atom. The monoisotopic (exact) mass is 862 g/mol. The SMILES string of the molecule is CCCCC[C@H](NC(=O)[C@H](CC)CC(=O)[C@@H]1CCCN1C(=O)[C@H](CCCCNC(=O)OC(C)(C)C)NC(=O)CCNC(=O)c1ccc(-c2ccc(CCCC)cc2)cc1)C(=O)O. The summed E-state index contributed by atoms with van der Waals surface area (Å²) in [5.74, 6) is -3.89. The Morgan fingerprint density at radius 3 is 2.02 bits per heavy atom. The molecule has 1 saturated heterocycles. The fourth-order valence-corrected chi connectivity index (χ4v) is 7.46. The largest absolute Gasteiger partial charge is 0.480 e. The maximum absolute atomic E-state index is 14.2. The molecule has 1 heterocycles. The molecule has 4 atom stereocenters. The number of benzene rings is 2. The second-order valence-electron chi connectivity index (χ2n) is 17.3. The molecule has 1 aliphatic heterocycles. The molecule has 62 heavy (non-hydrogen) atoms. The Balaban J connectivity index is 1.63. The van der Waals surface area contributed by atoms with Crippen LogP contribution in [-0.4, -0.2) is 94.8 Å². The van der Waals surface area contributed by atoms with Crippen LogP contribution in [0, 0.1) is 5.92 Å². The zero-order chi connectivity index (χ0) is 45.7. The van der Waals surface area contributed by atoms with Crippen LogP contribution in [0.3, 0.4) is 0 Å². The molecule has 2 aromatic rings. The van der Waals surface area contributed by atoms with Gasteiger partial charge in [0.05, 0.1) is 6.04 Å². The minimum absolute atomic E-state index is 0.0268. The highest BCUT2D eigenvalue weighted by molar-refractivity contribution is 5.96. The lowest BCUT2D eigenvalue weighted by Gasteiger charge is -2.29. The van der Waals surface area contributed by atoms with Gasteiger partial charge in [0.15, 0.2) is 5.78 Å². The van der Waals surface area contributed by atoms with Crippen LogP contribution in [0.1, 0.15) is 147 Å². The minimum Gasteiger partial charge on any atom is -0.480 e. The van der Waals surface area contributed by atoms with Crippen LogP contribution >= 0.6 is 0 Å². The zero-order valence-corrected chi connectivity index (χ0v) is 37.8. The molecular formula is C48H71N5O9. The van der Waals surface area contributed by atoms with E-state index in [1.54, 1.807) is 39.8 Å². The van der Waals surface area contributed by atoms with E-state index < -0.39 is 59.4 Å². The lowest BCUT2D eigenvalue weighted by molar-refractivity contribution is -0.143. The van der Waals surface area contributed by atoms with Crippen molar-refractivity contribution in [1.29, 1.82) is 0 Å². The Morgan fingerprint density at radius 1 is 0.774 bits per heavy atom. The van der Waals surface area contributed by atoms with Crippen molar-refractivity contribution in [1.82, 2.24) is 26.2 Å². The number of nitrogens with zero attached hydrogens (tertiary/aromatic N) is 1. The van der Waals surface area contributed by atoms with Gasteiger partial charge in [-0.05, 0) is 107 Å². The number of alkyl carbamates (subject to hydrolysis) is 1. The van der Waals surface area contributed by atoms with E-state index in [0.717, 1.165) is 43.2 Å². The van der Waals surface area contributed by atoms with E-state index in [-0.39, 0.29) is 44.0 Å².